The molecule has 0 spiro atoms. The van der Waals surface area contributed by atoms with E-state index < -0.39 is 5.97 Å². The number of rotatable bonds is 3. The summed E-state index contributed by atoms with van der Waals surface area (Å²) in [6.45, 7) is 0. The van der Waals surface area contributed by atoms with Crippen LogP contribution in [0.1, 0.15) is 10.4 Å². The Bertz CT molecular complexity index is 833. The van der Waals surface area contributed by atoms with Crippen molar-refractivity contribution in [1.29, 1.82) is 0 Å². The van der Waals surface area contributed by atoms with Crippen molar-refractivity contribution in [3.8, 4) is 0 Å². The summed E-state index contributed by atoms with van der Waals surface area (Å²) in [6, 6.07) is 15.0. The van der Waals surface area contributed by atoms with Gasteiger partial charge < -0.3 is 10.4 Å². The second kappa shape index (κ2) is 5.54. The zero-order chi connectivity index (χ0) is 14.8. The first kappa shape index (κ1) is 13.6. The molecule has 3 rings (SSSR count). The van der Waals surface area contributed by atoms with Gasteiger partial charge in [-0.2, -0.15) is 0 Å². The lowest BCUT2D eigenvalue weighted by Gasteiger charge is -2.12. The zero-order valence-electron chi connectivity index (χ0n) is 10.9. The Labute approximate surface area is 129 Å². The molecule has 0 aliphatic carbocycles. The number of hydrogen-bond donors (Lipinski definition) is 2. The van der Waals surface area contributed by atoms with Crippen molar-refractivity contribution >= 4 is 44.2 Å². The smallest absolute Gasteiger partial charge is 0.339 e. The number of pyridine rings is 1. The predicted molar refractivity (Wildman–Crippen MR) is 86.1 cm³/mol. The highest BCUT2D eigenvalue weighted by Gasteiger charge is 2.14. The van der Waals surface area contributed by atoms with Gasteiger partial charge in [0, 0.05) is 21.7 Å². The molecule has 0 saturated carbocycles. The molecule has 2 aromatic carbocycles. The van der Waals surface area contributed by atoms with E-state index in [2.05, 4.69) is 26.2 Å². The second-order valence-corrected chi connectivity index (χ2v) is 5.42. The first-order valence-corrected chi connectivity index (χ1v) is 7.08. The van der Waals surface area contributed by atoms with Crippen LogP contribution in [0.25, 0.3) is 10.9 Å². The van der Waals surface area contributed by atoms with E-state index in [9.17, 15) is 9.90 Å². The summed E-state index contributed by atoms with van der Waals surface area (Å²) in [5, 5.41) is 13.3. The fourth-order valence-corrected chi connectivity index (χ4v) is 2.55. The molecule has 4 nitrogen and oxygen atoms in total. The SMILES string of the molecule is O=C(O)c1cnc2ccccc2c1Nc1cccc(Br)c1. The van der Waals surface area contributed by atoms with Gasteiger partial charge in [0.2, 0.25) is 0 Å². The summed E-state index contributed by atoms with van der Waals surface area (Å²) in [6.07, 6.45) is 1.38. The minimum atomic E-state index is -1.01. The van der Waals surface area contributed by atoms with Crippen LogP contribution in [0.2, 0.25) is 0 Å². The molecular formula is C16H11BrN2O2. The number of carbonyl (C=O) groups is 1. The molecule has 2 N–H and O–H groups in total. The molecular weight excluding hydrogens is 332 g/mol. The number of carboxylic acids is 1. The van der Waals surface area contributed by atoms with Crippen molar-refractivity contribution in [2.45, 2.75) is 0 Å². The first-order valence-electron chi connectivity index (χ1n) is 6.29. The van der Waals surface area contributed by atoms with Gasteiger partial charge in [0.05, 0.1) is 11.2 Å². The molecule has 104 valence electrons. The van der Waals surface area contributed by atoms with Crippen LogP contribution in [0.3, 0.4) is 0 Å². The molecule has 0 aliphatic rings. The number of halogens is 1. The van der Waals surface area contributed by atoms with E-state index in [0.717, 1.165) is 21.1 Å². The van der Waals surface area contributed by atoms with E-state index in [-0.39, 0.29) is 5.56 Å². The lowest BCUT2D eigenvalue weighted by atomic mass is 10.1. The Kier molecular flexibility index (Phi) is 3.58. The normalized spacial score (nSPS) is 10.5. The third kappa shape index (κ3) is 2.73. The van der Waals surface area contributed by atoms with Crippen LogP contribution in [0.15, 0.2) is 59.2 Å². The molecule has 0 fully saturated rings. The number of fused-ring (bicyclic) bond motifs is 1. The maximum Gasteiger partial charge on any atom is 0.339 e. The number of anilines is 2. The minimum absolute atomic E-state index is 0.147. The van der Waals surface area contributed by atoms with Gasteiger partial charge in [-0.1, -0.05) is 40.2 Å². The van der Waals surface area contributed by atoms with E-state index in [1.165, 1.54) is 6.20 Å². The maximum atomic E-state index is 11.4. The van der Waals surface area contributed by atoms with Crippen molar-refractivity contribution in [2.24, 2.45) is 0 Å². The van der Waals surface area contributed by atoms with Gasteiger partial charge in [-0.15, -0.1) is 0 Å². The fourth-order valence-electron chi connectivity index (χ4n) is 2.15. The number of benzene rings is 2. The number of carboxylic acid groups (broad SMARTS) is 1. The highest BCUT2D eigenvalue weighted by Crippen LogP contribution is 2.29. The van der Waals surface area contributed by atoms with Crippen molar-refractivity contribution in [2.75, 3.05) is 5.32 Å². The summed E-state index contributed by atoms with van der Waals surface area (Å²) in [4.78, 5) is 15.6. The van der Waals surface area contributed by atoms with Crippen molar-refractivity contribution in [1.82, 2.24) is 4.98 Å². The average Bonchev–Trinajstić information content (AvgIpc) is 2.47. The van der Waals surface area contributed by atoms with Gasteiger partial charge in [0.25, 0.3) is 0 Å². The number of hydrogen-bond acceptors (Lipinski definition) is 3. The summed E-state index contributed by atoms with van der Waals surface area (Å²) >= 11 is 3.40. The third-order valence-corrected chi connectivity index (χ3v) is 3.59. The Hall–Kier alpha value is -2.40. The Morgan fingerprint density at radius 2 is 1.95 bits per heavy atom. The van der Waals surface area contributed by atoms with Crippen LogP contribution in [0.5, 0.6) is 0 Å². The van der Waals surface area contributed by atoms with E-state index in [1.807, 2.05) is 48.5 Å². The van der Waals surface area contributed by atoms with Crippen LogP contribution in [-0.4, -0.2) is 16.1 Å². The highest BCUT2D eigenvalue weighted by molar-refractivity contribution is 9.10. The Morgan fingerprint density at radius 3 is 2.71 bits per heavy atom. The topological polar surface area (TPSA) is 62.2 Å². The first-order chi connectivity index (χ1) is 10.1. The molecule has 0 radical (unpaired) electrons. The predicted octanol–water partition coefficient (Wildman–Crippen LogP) is 4.44. The van der Waals surface area contributed by atoms with Crippen molar-refractivity contribution in [3.05, 3.63) is 64.8 Å². The second-order valence-electron chi connectivity index (χ2n) is 4.50. The molecule has 0 bridgehead atoms. The Morgan fingerprint density at radius 1 is 1.14 bits per heavy atom. The molecule has 0 saturated heterocycles. The molecule has 21 heavy (non-hydrogen) atoms. The van der Waals surface area contributed by atoms with Crippen LogP contribution in [0, 0.1) is 0 Å². The highest BCUT2D eigenvalue weighted by atomic mass is 79.9. The average molecular weight is 343 g/mol. The monoisotopic (exact) mass is 342 g/mol. The molecule has 0 aliphatic heterocycles. The van der Waals surface area contributed by atoms with E-state index in [1.54, 1.807) is 0 Å². The lowest BCUT2D eigenvalue weighted by molar-refractivity contribution is 0.0697. The number of nitrogens with zero attached hydrogens (tertiary/aromatic N) is 1. The van der Waals surface area contributed by atoms with E-state index in [4.69, 9.17) is 0 Å². The van der Waals surface area contributed by atoms with E-state index in [0.29, 0.717) is 5.69 Å². The molecule has 3 aromatic rings. The van der Waals surface area contributed by atoms with Gasteiger partial charge in [-0.25, -0.2) is 4.79 Å². The van der Waals surface area contributed by atoms with Crippen LogP contribution in [0.4, 0.5) is 11.4 Å². The molecule has 0 amide bonds. The van der Waals surface area contributed by atoms with Crippen molar-refractivity contribution < 1.29 is 9.90 Å². The van der Waals surface area contributed by atoms with Crippen molar-refractivity contribution in [3.63, 3.8) is 0 Å². The molecule has 5 heteroatoms. The molecule has 0 unspecified atom stereocenters. The minimum Gasteiger partial charge on any atom is -0.478 e. The fraction of sp³-hybridized carbons (Fsp3) is 0. The molecule has 1 heterocycles. The number of nitrogens with one attached hydrogen (secondary N) is 1. The summed E-state index contributed by atoms with van der Waals surface area (Å²) in [5.41, 5.74) is 2.25. The number of para-hydroxylation sites is 1. The third-order valence-electron chi connectivity index (χ3n) is 3.10. The van der Waals surface area contributed by atoms with Crippen LogP contribution >= 0.6 is 15.9 Å². The molecule has 0 atom stereocenters. The van der Waals surface area contributed by atoms with Crippen LogP contribution < -0.4 is 5.32 Å². The zero-order valence-corrected chi connectivity index (χ0v) is 12.5. The molecule has 1 aromatic heterocycles. The van der Waals surface area contributed by atoms with Gasteiger partial charge in [0.15, 0.2) is 0 Å². The van der Waals surface area contributed by atoms with Gasteiger partial charge >= 0.3 is 5.97 Å². The lowest BCUT2D eigenvalue weighted by Crippen LogP contribution is -2.04. The number of aromatic nitrogens is 1. The van der Waals surface area contributed by atoms with Crippen LogP contribution in [-0.2, 0) is 0 Å². The standard InChI is InChI=1S/C16H11BrN2O2/c17-10-4-3-5-11(8-10)19-15-12-6-1-2-7-14(12)18-9-13(15)16(20)21/h1-9H,(H,18,19)(H,20,21). The van der Waals surface area contributed by atoms with Gasteiger partial charge in [-0.05, 0) is 24.3 Å². The quantitative estimate of drug-likeness (QED) is 0.738. The van der Waals surface area contributed by atoms with E-state index >= 15 is 0 Å². The number of aromatic carboxylic acids is 1. The van der Waals surface area contributed by atoms with Gasteiger partial charge in [-0.3, -0.25) is 4.98 Å². The summed E-state index contributed by atoms with van der Waals surface area (Å²) < 4.78 is 0.919. The largest absolute Gasteiger partial charge is 0.478 e. The van der Waals surface area contributed by atoms with Gasteiger partial charge in [0.1, 0.15) is 5.56 Å². The maximum absolute atomic E-state index is 11.4. The Balaban J connectivity index is 2.18. The summed E-state index contributed by atoms with van der Waals surface area (Å²) in [5.74, 6) is -1.01. The summed E-state index contributed by atoms with van der Waals surface area (Å²) in [7, 11) is 0.